The maximum Gasteiger partial charge on any atom is 0.320 e. The lowest BCUT2D eigenvalue weighted by Gasteiger charge is -2.21. The van der Waals surface area contributed by atoms with Gasteiger partial charge in [-0.05, 0) is 32.1 Å². The standard InChI is InChI=1S/C12H23NO2/c1-5-6-7-10(4)13-11(12(14)15)8-9(2)3/h5,9-11,13H,1,6-8H2,2-4H3,(H,14,15). The van der Waals surface area contributed by atoms with E-state index in [0.29, 0.717) is 12.3 Å². The summed E-state index contributed by atoms with van der Waals surface area (Å²) in [6, 6.07) is -0.201. The van der Waals surface area contributed by atoms with Crippen molar-refractivity contribution < 1.29 is 9.90 Å². The van der Waals surface area contributed by atoms with E-state index in [9.17, 15) is 4.79 Å². The Bertz CT molecular complexity index is 202. The molecule has 0 spiro atoms. The average Bonchev–Trinajstić information content (AvgIpc) is 2.12. The summed E-state index contributed by atoms with van der Waals surface area (Å²) >= 11 is 0. The number of carboxylic acid groups (broad SMARTS) is 1. The predicted octanol–water partition coefficient (Wildman–Crippen LogP) is 2.43. The Morgan fingerprint density at radius 1 is 1.47 bits per heavy atom. The maximum absolute atomic E-state index is 11.0. The van der Waals surface area contributed by atoms with Gasteiger partial charge in [0.2, 0.25) is 0 Å². The second kappa shape index (κ2) is 7.46. The molecule has 0 aliphatic carbocycles. The molecule has 88 valence electrons. The minimum absolute atomic E-state index is 0.225. The van der Waals surface area contributed by atoms with E-state index in [0.717, 1.165) is 12.8 Å². The third-order valence-electron chi connectivity index (χ3n) is 2.29. The number of allylic oxidation sites excluding steroid dienone is 1. The number of rotatable bonds is 8. The molecule has 0 saturated heterocycles. The van der Waals surface area contributed by atoms with E-state index in [4.69, 9.17) is 5.11 Å². The number of hydrogen-bond donors (Lipinski definition) is 2. The Hall–Kier alpha value is -0.830. The van der Waals surface area contributed by atoms with Crippen molar-refractivity contribution in [3.05, 3.63) is 12.7 Å². The molecule has 0 aliphatic rings. The molecule has 0 bridgehead atoms. The number of nitrogens with one attached hydrogen (secondary N) is 1. The van der Waals surface area contributed by atoms with Gasteiger partial charge >= 0.3 is 5.97 Å². The van der Waals surface area contributed by atoms with Crippen molar-refractivity contribution in [1.29, 1.82) is 0 Å². The Morgan fingerprint density at radius 2 is 2.07 bits per heavy atom. The summed E-state index contributed by atoms with van der Waals surface area (Å²) in [4.78, 5) is 11.0. The smallest absolute Gasteiger partial charge is 0.320 e. The molecule has 2 atom stereocenters. The third-order valence-corrected chi connectivity index (χ3v) is 2.29. The summed E-state index contributed by atoms with van der Waals surface area (Å²) in [5.41, 5.74) is 0. The van der Waals surface area contributed by atoms with Crippen LogP contribution in [0.4, 0.5) is 0 Å². The molecule has 0 rings (SSSR count). The minimum atomic E-state index is -0.755. The molecule has 0 amide bonds. The van der Waals surface area contributed by atoms with Gasteiger partial charge in [0.05, 0.1) is 0 Å². The SMILES string of the molecule is C=CCCC(C)NC(CC(C)C)C(=O)O. The quantitative estimate of drug-likeness (QED) is 0.609. The largest absolute Gasteiger partial charge is 0.480 e. The summed E-state index contributed by atoms with van der Waals surface area (Å²) in [6.07, 6.45) is 4.39. The molecule has 3 heteroatoms. The fourth-order valence-corrected chi connectivity index (χ4v) is 1.51. The molecule has 0 fully saturated rings. The molecule has 3 nitrogen and oxygen atoms in total. The lowest BCUT2D eigenvalue weighted by atomic mass is 10.0. The molecular weight excluding hydrogens is 190 g/mol. The second-order valence-electron chi connectivity index (χ2n) is 4.45. The zero-order valence-corrected chi connectivity index (χ0v) is 9.99. The van der Waals surface area contributed by atoms with E-state index >= 15 is 0 Å². The van der Waals surface area contributed by atoms with Crippen LogP contribution in [0.25, 0.3) is 0 Å². The Labute approximate surface area is 92.6 Å². The first kappa shape index (κ1) is 14.2. The highest BCUT2D eigenvalue weighted by molar-refractivity contribution is 5.73. The van der Waals surface area contributed by atoms with E-state index in [-0.39, 0.29) is 6.04 Å². The molecule has 15 heavy (non-hydrogen) atoms. The van der Waals surface area contributed by atoms with Crippen molar-refractivity contribution in [1.82, 2.24) is 5.32 Å². The van der Waals surface area contributed by atoms with Crippen molar-refractivity contribution in [2.45, 2.75) is 52.1 Å². The van der Waals surface area contributed by atoms with Crippen LogP contribution in [-0.4, -0.2) is 23.2 Å². The van der Waals surface area contributed by atoms with Gasteiger partial charge in [-0.1, -0.05) is 19.9 Å². The van der Waals surface area contributed by atoms with Gasteiger partial charge in [-0.25, -0.2) is 0 Å². The zero-order valence-electron chi connectivity index (χ0n) is 9.99. The summed E-state index contributed by atoms with van der Waals surface area (Å²) < 4.78 is 0. The number of aliphatic carboxylic acids is 1. The highest BCUT2D eigenvalue weighted by Gasteiger charge is 2.19. The van der Waals surface area contributed by atoms with Crippen LogP contribution in [0.15, 0.2) is 12.7 Å². The molecule has 0 aliphatic heterocycles. The second-order valence-corrected chi connectivity index (χ2v) is 4.45. The van der Waals surface area contributed by atoms with Crippen LogP contribution >= 0.6 is 0 Å². The van der Waals surface area contributed by atoms with Gasteiger partial charge in [0.1, 0.15) is 6.04 Å². The van der Waals surface area contributed by atoms with Crippen LogP contribution in [0, 0.1) is 5.92 Å². The Kier molecular flexibility index (Phi) is 7.05. The monoisotopic (exact) mass is 213 g/mol. The molecule has 0 aromatic heterocycles. The van der Waals surface area contributed by atoms with Gasteiger partial charge in [0.15, 0.2) is 0 Å². The van der Waals surface area contributed by atoms with Gasteiger partial charge in [0, 0.05) is 6.04 Å². The molecule has 0 heterocycles. The lowest BCUT2D eigenvalue weighted by Crippen LogP contribution is -2.42. The Balaban J connectivity index is 4.03. The zero-order chi connectivity index (χ0) is 11.8. The topological polar surface area (TPSA) is 49.3 Å². The molecule has 0 aromatic carbocycles. The first-order chi connectivity index (χ1) is 6.97. The number of carboxylic acids is 1. The van der Waals surface area contributed by atoms with Crippen molar-refractivity contribution in [3.8, 4) is 0 Å². The molecule has 0 radical (unpaired) electrons. The predicted molar refractivity (Wildman–Crippen MR) is 62.9 cm³/mol. The van der Waals surface area contributed by atoms with Gasteiger partial charge in [-0.15, -0.1) is 6.58 Å². The van der Waals surface area contributed by atoms with Gasteiger partial charge < -0.3 is 10.4 Å². The van der Waals surface area contributed by atoms with Crippen molar-refractivity contribution in [2.24, 2.45) is 5.92 Å². The molecule has 2 unspecified atom stereocenters. The Morgan fingerprint density at radius 3 is 2.47 bits per heavy atom. The van der Waals surface area contributed by atoms with Crippen LogP contribution in [0.2, 0.25) is 0 Å². The summed E-state index contributed by atoms with van der Waals surface area (Å²) in [7, 11) is 0. The average molecular weight is 213 g/mol. The fraction of sp³-hybridized carbons (Fsp3) is 0.750. The van der Waals surface area contributed by atoms with Crippen LogP contribution in [0.1, 0.15) is 40.0 Å². The van der Waals surface area contributed by atoms with E-state index < -0.39 is 12.0 Å². The van der Waals surface area contributed by atoms with E-state index in [2.05, 4.69) is 11.9 Å². The van der Waals surface area contributed by atoms with Crippen LogP contribution in [-0.2, 0) is 4.79 Å². The van der Waals surface area contributed by atoms with Crippen molar-refractivity contribution in [2.75, 3.05) is 0 Å². The van der Waals surface area contributed by atoms with Crippen molar-refractivity contribution >= 4 is 5.97 Å². The summed E-state index contributed by atoms with van der Waals surface area (Å²) in [5.74, 6) is -0.362. The maximum atomic E-state index is 11.0. The van der Waals surface area contributed by atoms with Gasteiger partial charge in [0.25, 0.3) is 0 Å². The highest BCUT2D eigenvalue weighted by atomic mass is 16.4. The highest BCUT2D eigenvalue weighted by Crippen LogP contribution is 2.07. The molecule has 2 N–H and O–H groups in total. The first-order valence-electron chi connectivity index (χ1n) is 5.57. The summed E-state index contributed by atoms with van der Waals surface area (Å²) in [5, 5.41) is 12.1. The normalized spacial score (nSPS) is 14.9. The fourth-order valence-electron chi connectivity index (χ4n) is 1.51. The molecule has 0 aromatic rings. The first-order valence-corrected chi connectivity index (χ1v) is 5.57. The molecular formula is C12H23NO2. The van der Waals surface area contributed by atoms with E-state index in [1.807, 2.05) is 26.8 Å². The van der Waals surface area contributed by atoms with E-state index in [1.54, 1.807) is 0 Å². The van der Waals surface area contributed by atoms with Crippen molar-refractivity contribution in [3.63, 3.8) is 0 Å². The summed E-state index contributed by atoms with van der Waals surface area (Å²) in [6.45, 7) is 9.73. The minimum Gasteiger partial charge on any atom is -0.480 e. The number of carbonyl (C=O) groups is 1. The van der Waals surface area contributed by atoms with Crippen LogP contribution < -0.4 is 5.32 Å². The van der Waals surface area contributed by atoms with E-state index in [1.165, 1.54) is 0 Å². The van der Waals surface area contributed by atoms with Crippen LogP contribution in [0.5, 0.6) is 0 Å². The van der Waals surface area contributed by atoms with Gasteiger partial charge in [-0.2, -0.15) is 0 Å². The number of hydrogen-bond acceptors (Lipinski definition) is 2. The lowest BCUT2D eigenvalue weighted by molar-refractivity contribution is -0.140. The molecule has 0 saturated carbocycles. The third kappa shape index (κ3) is 7.14. The van der Waals surface area contributed by atoms with Gasteiger partial charge in [-0.3, -0.25) is 4.79 Å². The van der Waals surface area contributed by atoms with Crippen LogP contribution in [0.3, 0.4) is 0 Å².